The highest BCUT2D eigenvalue weighted by Crippen LogP contribution is 2.26. The van der Waals surface area contributed by atoms with Crippen molar-refractivity contribution in [2.75, 3.05) is 18.8 Å². The molecule has 0 saturated carbocycles. The number of hydrogen-bond donors (Lipinski definition) is 1. The van der Waals surface area contributed by atoms with Crippen molar-refractivity contribution < 1.29 is 14.7 Å². The lowest BCUT2D eigenvalue weighted by molar-refractivity contribution is -0.147. The van der Waals surface area contributed by atoms with E-state index in [1.165, 1.54) is 5.56 Å². The molecule has 1 N–H and O–H groups in total. The summed E-state index contributed by atoms with van der Waals surface area (Å²) < 4.78 is 0. The first-order valence-electron chi connectivity index (χ1n) is 8.11. The summed E-state index contributed by atoms with van der Waals surface area (Å²) in [6.07, 6.45) is 0.552. The number of benzene rings is 1. The first kappa shape index (κ1) is 17.9. The molecule has 1 aromatic rings. The Bertz CT molecular complexity index is 556. The van der Waals surface area contributed by atoms with E-state index in [9.17, 15) is 9.59 Å². The monoisotopic (exact) mass is 335 g/mol. The molecular formula is C18H25NO3S. The topological polar surface area (TPSA) is 57.6 Å². The van der Waals surface area contributed by atoms with Crippen LogP contribution < -0.4 is 0 Å². The molecule has 0 bridgehead atoms. The second-order valence-corrected chi connectivity index (χ2v) is 7.61. The first-order valence-corrected chi connectivity index (χ1v) is 9.10. The number of carboxylic acids is 1. The number of likely N-dealkylation sites (tertiary alicyclic amines) is 1. The highest BCUT2D eigenvalue weighted by molar-refractivity contribution is 8.00. The largest absolute Gasteiger partial charge is 0.481 e. The molecule has 0 radical (unpaired) electrons. The van der Waals surface area contributed by atoms with Gasteiger partial charge in [-0.05, 0) is 36.0 Å². The van der Waals surface area contributed by atoms with E-state index in [0.717, 1.165) is 4.90 Å². The predicted molar refractivity (Wildman–Crippen MR) is 92.7 cm³/mol. The van der Waals surface area contributed by atoms with Gasteiger partial charge in [-0.15, -0.1) is 11.8 Å². The van der Waals surface area contributed by atoms with Gasteiger partial charge >= 0.3 is 5.97 Å². The smallest absolute Gasteiger partial charge is 0.306 e. The van der Waals surface area contributed by atoms with Gasteiger partial charge in [-0.3, -0.25) is 9.59 Å². The molecule has 1 saturated heterocycles. The molecule has 1 heterocycles. The van der Waals surface area contributed by atoms with Gasteiger partial charge in [0.1, 0.15) is 0 Å². The Kier molecular flexibility index (Phi) is 6.10. The Labute approximate surface area is 142 Å². The number of hydrogen-bond acceptors (Lipinski definition) is 3. The van der Waals surface area contributed by atoms with Crippen LogP contribution in [0.25, 0.3) is 0 Å². The Morgan fingerprint density at radius 3 is 2.48 bits per heavy atom. The van der Waals surface area contributed by atoms with E-state index in [-0.39, 0.29) is 17.7 Å². The highest BCUT2D eigenvalue weighted by atomic mass is 32.2. The number of aliphatic carboxylic acids is 1. The normalized spacial score (nSPS) is 21.5. The summed E-state index contributed by atoms with van der Waals surface area (Å²) in [5.41, 5.74) is 1.30. The summed E-state index contributed by atoms with van der Waals surface area (Å²) in [5, 5.41) is 9.14. The van der Waals surface area contributed by atoms with Crippen molar-refractivity contribution in [3.8, 4) is 0 Å². The van der Waals surface area contributed by atoms with Gasteiger partial charge in [0.2, 0.25) is 5.91 Å². The fourth-order valence-corrected chi connectivity index (χ4v) is 3.73. The Hall–Kier alpha value is -1.49. The maximum Gasteiger partial charge on any atom is 0.306 e. The minimum absolute atomic E-state index is 0.0144. The van der Waals surface area contributed by atoms with Crippen molar-refractivity contribution in [2.45, 2.75) is 38.0 Å². The number of amides is 1. The van der Waals surface area contributed by atoms with Crippen LogP contribution in [0.2, 0.25) is 0 Å². The van der Waals surface area contributed by atoms with Crippen LogP contribution in [-0.4, -0.2) is 40.7 Å². The molecule has 1 amide bonds. The third-order valence-corrected chi connectivity index (χ3v) is 5.48. The van der Waals surface area contributed by atoms with Crippen molar-refractivity contribution >= 4 is 23.6 Å². The summed E-state index contributed by atoms with van der Waals surface area (Å²) in [6, 6.07) is 8.34. The Morgan fingerprint density at radius 2 is 1.96 bits per heavy atom. The van der Waals surface area contributed by atoms with E-state index >= 15 is 0 Å². The number of carbonyl (C=O) groups is 2. The summed E-state index contributed by atoms with van der Waals surface area (Å²) in [7, 11) is 0. The van der Waals surface area contributed by atoms with Crippen LogP contribution in [0.1, 0.15) is 38.7 Å². The van der Waals surface area contributed by atoms with E-state index in [4.69, 9.17) is 5.11 Å². The third kappa shape index (κ3) is 4.74. The maximum absolute atomic E-state index is 12.3. The average molecular weight is 335 g/mol. The van der Waals surface area contributed by atoms with Gasteiger partial charge in [-0.2, -0.15) is 0 Å². The molecule has 1 aromatic carbocycles. The van der Waals surface area contributed by atoms with Crippen molar-refractivity contribution in [3.05, 3.63) is 29.8 Å². The van der Waals surface area contributed by atoms with Crippen LogP contribution in [0.3, 0.4) is 0 Å². The quantitative estimate of drug-likeness (QED) is 0.837. The minimum atomic E-state index is -0.746. The van der Waals surface area contributed by atoms with Crippen LogP contribution >= 0.6 is 11.8 Å². The summed E-state index contributed by atoms with van der Waals surface area (Å²) in [4.78, 5) is 26.3. The van der Waals surface area contributed by atoms with Gasteiger partial charge in [0.25, 0.3) is 0 Å². The molecule has 5 heteroatoms. The van der Waals surface area contributed by atoms with Gasteiger partial charge in [0, 0.05) is 18.0 Å². The number of carbonyl (C=O) groups excluding carboxylic acids is 1. The SMILES string of the molecule is CC(C)c1ccc(SCC(=O)N2CCC(C(=O)O)C(C)C2)cc1. The lowest BCUT2D eigenvalue weighted by Crippen LogP contribution is -2.45. The highest BCUT2D eigenvalue weighted by Gasteiger charge is 2.32. The van der Waals surface area contributed by atoms with E-state index < -0.39 is 5.97 Å². The summed E-state index contributed by atoms with van der Waals surface area (Å²) in [6.45, 7) is 7.33. The Balaban J connectivity index is 1.84. The fourth-order valence-electron chi connectivity index (χ4n) is 2.92. The molecule has 23 heavy (non-hydrogen) atoms. The van der Waals surface area contributed by atoms with Crippen molar-refractivity contribution in [1.82, 2.24) is 4.90 Å². The molecule has 1 fully saturated rings. The molecule has 1 aliphatic rings. The molecular weight excluding hydrogens is 310 g/mol. The molecule has 2 unspecified atom stereocenters. The van der Waals surface area contributed by atoms with E-state index in [1.807, 2.05) is 6.92 Å². The van der Waals surface area contributed by atoms with Crippen LogP contribution in [0.5, 0.6) is 0 Å². The zero-order valence-corrected chi connectivity index (χ0v) is 14.8. The van der Waals surface area contributed by atoms with E-state index in [2.05, 4.69) is 38.1 Å². The molecule has 0 aliphatic carbocycles. The summed E-state index contributed by atoms with van der Waals surface area (Å²) >= 11 is 1.54. The molecule has 0 aromatic heterocycles. The standard InChI is InChI=1S/C18H25NO3S/c1-12(2)14-4-6-15(7-5-14)23-11-17(20)19-9-8-16(18(21)22)13(3)10-19/h4-7,12-13,16H,8-11H2,1-3H3,(H,21,22). The first-order chi connectivity index (χ1) is 10.9. The van der Waals surface area contributed by atoms with Gasteiger partial charge in [0.15, 0.2) is 0 Å². The van der Waals surface area contributed by atoms with Crippen LogP contribution in [-0.2, 0) is 9.59 Å². The fraction of sp³-hybridized carbons (Fsp3) is 0.556. The van der Waals surface area contributed by atoms with Crippen molar-refractivity contribution in [1.29, 1.82) is 0 Å². The van der Waals surface area contributed by atoms with Crippen molar-refractivity contribution in [2.24, 2.45) is 11.8 Å². The van der Waals surface area contributed by atoms with Crippen molar-refractivity contribution in [3.63, 3.8) is 0 Å². The number of carboxylic acid groups (broad SMARTS) is 1. The zero-order chi connectivity index (χ0) is 17.0. The zero-order valence-electron chi connectivity index (χ0n) is 14.0. The molecule has 1 aliphatic heterocycles. The second-order valence-electron chi connectivity index (χ2n) is 6.56. The number of thioether (sulfide) groups is 1. The maximum atomic E-state index is 12.3. The van der Waals surface area contributed by atoms with E-state index in [1.54, 1.807) is 16.7 Å². The lowest BCUT2D eigenvalue weighted by Gasteiger charge is -2.34. The van der Waals surface area contributed by atoms with Gasteiger partial charge in [-0.1, -0.05) is 32.9 Å². The van der Waals surface area contributed by atoms with Crippen LogP contribution in [0, 0.1) is 11.8 Å². The molecule has 0 spiro atoms. The lowest BCUT2D eigenvalue weighted by atomic mass is 9.87. The average Bonchev–Trinajstić information content (AvgIpc) is 2.52. The number of rotatable bonds is 5. The molecule has 2 atom stereocenters. The second kappa shape index (κ2) is 7.86. The van der Waals surface area contributed by atoms with E-state index in [0.29, 0.717) is 31.2 Å². The third-order valence-electron chi connectivity index (χ3n) is 4.48. The molecule has 4 nitrogen and oxygen atoms in total. The van der Waals surface area contributed by atoms with Gasteiger partial charge in [-0.25, -0.2) is 0 Å². The van der Waals surface area contributed by atoms with Crippen LogP contribution in [0.15, 0.2) is 29.2 Å². The van der Waals surface area contributed by atoms with Gasteiger partial charge < -0.3 is 10.0 Å². The van der Waals surface area contributed by atoms with Gasteiger partial charge in [0.05, 0.1) is 11.7 Å². The van der Waals surface area contributed by atoms with Crippen LogP contribution in [0.4, 0.5) is 0 Å². The Morgan fingerprint density at radius 1 is 1.30 bits per heavy atom. The molecule has 2 rings (SSSR count). The number of piperidine rings is 1. The predicted octanol–water partition coefficient (Wildman–Crippen LogP) is 3.47. The summed E-state index contributed by atoms with van der Waals surface area (Å²) in [5.74, 6) is -0.0442. The minimum Gasteiger partial charge on any atom is -0.481 e. The number of nitrogens with zero attached hydrogens (tertiary/aromatic N) is 1. The molecule has 126 valence electrons.